The normalized spacial score (nSPS) is 11.3. The van der Waals surface area contributed by atoms with E-state index in [9.17, 15) is 18.0 Å². The Morgan fingerprint density at radius 3 is 2.64 bits per heavy atom. The lowest BCUT2D eigenvalue weighted by Gasteiger charge is -2.10. The highest BCUT2D eigenvalue weighted by molar-refractivity contribution is 5.75. The van der Waals surface area contributed by atoms with E-state index in [4.69, 9.17) is 4.74 Å². The van der Waals surface area contributed by atoms with Crippen molar-refractivity contribution < 1.29 is 27.4 Å². The summed E-state index contributed by atoms with van der Waals surface area (Å²) < 4.78 is 45.3. The van der Waals surface area contributed by atoms with Gasteiger partial charge in [-0.1, -0.05) is 18.2 Å². The highest BCUT2D eigenvalue weighted by Gasteiger charge is 2.27. The van der Waals surface area contributed by atoms with Crippen LogP contribution in [0.4, 0.5) is 13.2 Å². The van der Waals surface area contributed by atoms with Crippen LogP contribution in [0.5, 0.6) is 5.75 Å². The third-order valence-corrected chi connectivity index (χ3v) is 2.73. The first kappa shape index (κ1) is 18.3. The summed E-state index contributed by atoms with van der Waals surface area (Å²) in [7, 11) is 0. The molecular formula is C15H20F3NO3. The van der Waals surface area contributed by atoms with Gasteiger partial charge in [-0.3, -0.25) is 4.79 Å². The molecule has 0 aliphatic heterocycles. The topological polar surface area (TPSA) is 47.6 Å². The number of carbonyl (C=O) groups is 1. The molecular weight excluding hydrogens is 299 g/mol. The zero-order chi connectivity index (χ0) is 16.4. The van der Waals surface area contributed by atoms with Gasteiger partial charge in [0.1, 0.15) is 12.4 Å². The Morgan fingerprint density at radius 1 is 1.23 bits per heavy atom. The Bertz CT molecular complexity index is 464. The number of benzene rings is 1. The number of hydrogen-bond donors (Lipinski definition) is 1. The minimum atomic E-state index is -4.34. The van der Waals surface area contributed by atoms with E-state index in [-0.39, 0.29) is 25.5 Å². The number of para-hydroxylation sites is 1. The first-order chi connectivity index (χ1) is 10.4. The van der Waals surface area contributed by atoms with Crippen LogP contribution in [-0.4, -0.2) is 38.4 Å². The van der Waals surface area contributed by atoms with Gasteiger partial charge in [0, 0.05) is 13.0 Å². The average Bonchev–Trinajstić information content (AvgIpc) is 2.43. The number of ether oxygens (including phenoxy) is 2. The van der Waals surface area contributed by atoms with Crippen LogP contribution in [-0.2, 0) is 9.53 Å². The van der Waals surface area contributed by atoms with E-state index < -0.39 is 12.8 Å². The van der Waals surface area contributed by atoms with Crippen molar-refractivity contribution in [1.82, 2.24) is 5.32 Å². The smallest absolute Gasteiger partial charge is 0.411 e. The van der Waals surface area contributed by atoms with E-state index in [1.165, 1.54) is 0 Å². The lowest BCUT2D eigenvalue weighted by Crippen LogP contribution is -2.28. The molecule has 0 bridgehead atoms. The molecule has 0 saturated carbocycles. The predicted molar refractivity (Wildman–Crippen MR) is 75.8 cm³/mol. The molecule has 124 valence electrons. The van der Waals surface area contributed by atoms with Crippen molar-refractivity contribution in [1.29, 1.82) is 0 Å². The van der Waals surface area contributed by atoms with Crippen molar-refractivity contribution in [3.05, 3.63) is 29.8 Å². The van der Waals surface area contributed by atoms with E-state index in [1.807, 2.05) is 31.2 Å². The second-order valence-corrected chi connectivity index (χ2v) is 4.74. The van der Waals surface area contributed by atoms with Gasteiger partial charge in [0.15, 0.2) is 0 Å². The molecule has 1 aromatic carbocycles. The summed E-state index contributed by atoms with van der Waals surface area (Å²) in [6, 6.07) is 7.57. The van der Waals surface area contributed by atoms with Crippen molar-refractivity contribution in [3.8, 4) is 5.75 Å². The monoisotopic (exact) mass is 319 g/mol. The Labute approximate surface area is 127 Å². The van der Waals surface area contributed by atoms with E-state index in [2.05, 4.69) is 10.1 Å². The van der Waals surface area contributed by atoms with Gasteiger partial charge in [0.05, 0.1) is 13.2 Å². The average molecular weight is 319 g/mol. The van der Waals surface area contributed by atoms with Gasteiger partial charge >= 0.3 is 6.18 Å². The van der Waals surface area contributed by atoms with Gasteiger partial charge in [-0.15, -0.1) is 0 Å². The van der Waals surface area contributed by atoms with Crippen LogP contribution in [0.1, 0.15) is 18.4 Å². The first-order valence-corrected chi connectivity index (χ1v) is 6.98. The van der Waals surface area contributed by atoms with Crippen LogP contribution in [0.15, 0.2) is 24.3 Å². The molecule has 7 heteroatoms. The van der Waals surface area contributed by atoms with E-state index in [0.29, 0.717) is 13.0 Å². The summed E-state index contributed by atoms with van der Waals surface area (Å²) in [6.07, 6.45) is -3.55. The van der Waals surface area contributed by atoms with Gasteiger partial charge in [0.2, 0.25) is 5.91 Å². The maximum atomic E-state index is 11.8. The summed E-state index contributed by atoms with van der Waals surface area (Å²) in [5.74, 6) is 0.549. The zero-order valence-electron chi connectivity index (χ0n) is 12.4. The van der Waals surface area contributed by atoms with Gasteiger partial charge in [-0.2, -0.15) is 13.2 Å². The van der Waals surface area contributed by atoms with Crippen LogP contribution in [0.2, 0.25) is 0 Å². The quantitative estimate of drug-likeness (QED) is 0.712. The highest BCUT2D eigenvalue weighted by Crippen LogP contribution is 2.16. The number of amides is 1. The summed E-state index contributed by atoms with van der Waals surface area (Å²) in [5.41, 5.74) is 1.02. The van der Waals surface area contributed by atoms with Crippen molar-refractivity contribution in [2.75, 3.05) is 26.4 Å². The number of carbonyl (C=O) groups excluding carboxylic acids is 1. The lowest BCUT2D eigenvalue weighted by molar-refractivity contribution is -0.173. The van der Waals surface area contributed by atoms with Gasteiger partial charge in [-0.05, 0) is 25.0 Å². The summed E-state index contributed by atoms with van der Waals surface area (Å²) in [4.78, 5) is 11.4. The van der Waals surface area contributed by atoms with E-state index in [1.54, 1.807) is 0 Å². The largest absolute Gasteiger partial charge is 0.493 e. The maximum Gasteiger partial charge on any atom is 0.411 e. The third-order valence-electron chi connectivity index (χ3n) is 2.73. The highest BCUT2D eigenvalue weighted by atomic mass is 19.4. The van der Waals surface area contributed by atoms with Gasteiger partial charge < -0.3 is 14.8 Å². The van der Waals surface area contributed by atoms with Crippen LogP contribution in [0.3, 0.4) is 0 Å². The summed E-state index contributed by atoms with van der Waals surface area (Å²) in [6.45, 7) is 0.942. The van der Waals surface area contributed by atoms with E-state index in [0.717, 1.165) is 11.3 Å². The molecule has 0 radical (unpaired) electrons. The molecule has 0 aromatic heterocycles. The summed E-state index contributed by atoms with van der Waals surface area (Å²) in [5, 5.41) is 2.49. The number of rotatable bonds is 9. The Kier molecular flexibility index (Phi) is 7.73. The lowest BCUT2D eigenvalue weighted by atomic mass is 10.2. The van der Waals surface area contributed by atoms with Crippen LogP contribution in [0.25, 0.3) is 0 Å². The number of alkyl halides is 3. The van der Waals surface area contributed by atoms with Crippen LogP contribution >= 0.6 is 0 Å². The minimum absolute atomic E-state index is 0.0631. The molecule has 0 unspecified atom stereocenters. The molecule has 0 heterocycles. The fraction of sp³-hybridized carbons (Fsp3) is 0.533. The van der Waals surface area contributed by atoms with E-state index >= 15 is 0 Å². The molecule has 0 atom stereocenters. The predicted octanol–water partition coefficient (Wildman–Crippen LogP) is 2.85. The first-order valence-electron chi connectivity index (χ1n) is 6.98. The van der Waals surface area contributed by atoms with Gasteiger partial charge in [0.25, 0.3) is 0 Å². The minimum Gasteiger partial charge on any atom is -0.493 e. The third kappa shape index (κ3) is 8.51. The van der Waals surface area contributed by atoms with Crippen molar-refractivity contribution in [3.63, 3.8) is 0 Å². The fourth-order valence-corrected chi connectivity index (χ4v) is 1.67. The van der Waals surface area contributed by atoms with Crippen LogP contribution < -0.4 is 10.1 Å². The molecule has 1 aromatic rings. The molecule has 0 aliphatic rings. The molecule has 1 amide bonds. The van der Waals surface area contributed by atoms with Crippen molar-refractivity contribution >= 4 is 5.91 Å². The molecule has 1 rings (SSSR count). The molecule has 0 saturated heterocycles. The molecule has 0 fully saturated rings. The number of nitrogens with one attached hydrogen (secondary N) is 1. The fourth-order valence-electron chi connectivity index (χ4n) is 1.67. The maximum absolute atomic E-state index is 11.8. The summed E-state index contributed by atoms with van der Waals surface area (Å²) >= 11 is 0. The van der Waals surface area contributed by atoms with Gasteiger partial charge in [-0.25, -0.2) is 0 Å². The molecule has 0 spiro atoms. The standard InChI is InChI=1S/C15H20F3NO3/c1-12-5-2-3-6-13(12)22-9-4-7-14(20)19-8-10-21-11-15(16,17)18/h2-3,5-6H,4,7-11H2,1H3,(H,19,20). The van der Waals surface area contributed by atoms with Crippen molar-refractivity contribution in [2.45, 2.75) is 25.9 Å². The molecule has 0 aliphatic carbocycles. The number of aryl methyl sites for hydroxylation is 1. The Morgan fingerprint density at radius 2 is 1.95 bits per heavy atom. The SMILES string of the molecule is Cc1ccccc1OCCCC(=O)NCCOCC(F)(F)F. The molecule has 4 nitrogen and oxygen atoms in total. The van der Waals surface area contributed by atoms with Crippen molar-refractivity contribution in [2.24, 2.45) is 0 Å². The Balaban J connectivity index is 2.03. The number of halogens is 3. The number of hydrogen-bond acceptors (Lipinski definition) is 3. The van der Waals surface area contributed by atoms with Crippen LogP contribution in [0, 0.1) is 6.92 Å². The zero-order valence-corrected chi connectivity index (χ0v) is 12.4. The Hall–Kier alpha value is -1.76. The second kappa shape index (κ2) is 9.30. The second-order valence-electron chi connectivity index (χ2n) is 4.74. The molecule has 1 N–H and O–H groups in total. The molecule has 22 heavy (non-hydrogen) atoms.